The van der Waals surface area contributed by atoms with Crippen LogP contribution in [0.1, 0.15) is 0 Å². The van der Waals surface area contributed by atoms with E-state index in [1.54, 1.807) is 19.6 Å². The van der Waals surface area contributed by atoms with Crippen LogP contribution in [0.5, 0.6) is 11.6 Å². The Hall–Kier alpha value is -0.770. The summed E-state index contributed by atoms with van der Waals surface area (Å²) in [7, 11) is 3.16. The van der Waals surface area contributed by atoms with E-state index in [0.29, 0.717) is 11.6 Å². The van der Waals surface area contributed by atoms with Gasteiger partial charge in [-0.2, -0.15) is 4.37 Å². The highest BCUT2D eigenvalue weighted by molar-refractivity contribution is 7.04. The standard InChI is InChI=1S/C5H7NO2S/c1-7-4-3-9-6-5(4)8-2/h3H,1-2H3. The van der Waals surface area contributed by atoms with Crippen LogP contribution in [-0.4, -0.2) is 18.6 Å². The first-order valence-corrected chi connectivity index (χ1v) is 3.24. The molecule has 0 bridgehead atoms. The highest BCUT2D eigenvalue weighted by Gasteiger charge is 2.03. The number of aromatic nitrogens is 1. The Labute approximate surface area is 57.4 Å². The van der Waals surface area contributed by atoms with Crippen molar-refractivity contribution in [3.63, 3.8) is 0 Å². The minimum Gasteiger partial charge on any atom is -0.491 e. The molecule has 0 aromatic carbocycles. The third kappa shape index (κ3) is 1.13. The predicted octanol–water partition coefficient (Wildman–Crippen LogP) is 1.16. The molecule has 50 valence electrons. The molecule has 3 nitrogen and oxygen atoms in total. The molecule has 1 aromatic rings. The molecule has 1 aromatic heterocycles. The summed E-state index contributed by atoms with van der Waals surface area (Å²) < 4.78 is 13.6. The molecule has 0 N–H and O–H groups in total. The second-order valence-electron chi connectivity index (χ2n) is 1.39. The van der Waals surface area contributed by atoms with Crippen molar-refractivity contribution in [1.29, 1.82) is 0 Å². The Morgan fingerprint density at radius 1 is 1.44 bits per heavy atom. The molecule has 0 fully saturated rings. The summed E-state index contributed by atoms with van der Waals surface area (Å²) in [6.07, 6.45) is 0. The zero-order chi connectivity index (χ0) is 6.69. The van der Waals surface area contributed by atoms with Gasteiger partial charge in [-0.25, -0.2) is 0 Å². The fourth-order valence-electron chi connectivity index (χ4n) is 0.491. The van der Waals surface area contributed by atoms with Crippen molar-refractivity contribution in [2.75, 3.05) is 14.2 Å². The average molecular weight is 145 g/mol. The van der Waals surface area contributed by atoms with Crippen LogP contribution in [0.15, 0.2) is 5.38 Å². The quantitative estimate of drug-likeness (QED) is 0.625. The highest BCUT2D eigenvalue weighted by Crippen LogP contribution is 2.25. The van der Waals surface area contributed by atoms with Gasteiger partial charge in [0.1, 0.15) is 0 Å². The lowest BCUT2D eigenvalue weighted by Gasteiger charge is -1.96. The smallest absolute Gasteiger partial charge is 0.268 e. The number of rotatable bonds is 2. The molecule has 0 atom stereocenters. The topological polar surface area (TPSA) is 31.4 Å². The molecule has 4 heteroatoms. The Morgan fingerprint density at radius 2 is 2.22 bits per heavy atom. The first kappa shape index (κ1) is 6.35. The van der Waals surface area contributed by atoms with Gasteiger partial charge in [-0.1, -0.05) is 0 Å². The molecule has 1 heterocycles. The van der Waals surface area contributed by atoms with Crippen molar-refractivity contribution in [1.82, 2.24) is 4.37 Å². The molecule has 9 heavy (non-hydrogen) atoms. The lowest BCUT2D eigenvalue weighted by Crippen LogP contribution is -1.86. The average Bonchev–Trinajstić information content (AvgIpc) is 2.33. The van der Waals surface area contributed by atoms with Crippen LogP contribution in [0, 0.1) is 0 Å². The van der Waals surface area contributed by atoms with E-state index in [1.165, 1.54) is 11.5 Å². The summed E-state index contributed by atoms with van der Waals surface area (Å²) in [5.41, 5.74) is 0. The fraction of sp³-hybridized carbons (Fsp3) is 0.400. The van der Waals surface area contributed by atoms with Crippen molar-refractivity contribution >= 4 is 11.5 Å². The van der Waals surface area contributed by atoms with Crippen LogP contribution in [-0.2, 0) is 0 Å². The molecule has 0 unspecified atom stereocenters. The fourth-order valence-corrected chi connectivity index (χ4v) is 1.10. The summed E-state index contributed by atoms with van der Waals surface area (Å²) in [5, 5.41) is 1.79. The number of ether oxygens (including phenoxy) is 2. The van der Waals surface area contributed by atoms with Gasteiger partial charge in [-0.15, -0.1) is 0 Å². The van der Waals surface area contributed by atoms with Gasteiger partial charge in [0.25, 0.3) is 5.88 Å². The SMILES string of the molecule is COc1csnc1OC. The lowest BCUT2D eigenvalue weighted by molar-refractivity contribution is 0.349. The van der Waals surface area contributed by atoms with Crippen LogP contribution in [0.4, 0.5) is 0 Å². The van der Waals surface area contributed by atoms with Gasteiger partial charge >= 0.3 is 0 Å². The Morgan fingerprint density at radius 3 is 2.67 bits per heavy atom. The van der Waals surface area contributed by atoms with Crippen molar-refractivity contribution < 1.29 is 9.47 Å². The molecule has 0 saturated heterocycles. The van der Waals surface area contributed by atoms with Crippen LogP contribution < -0.4 is 9.47 Å². The van der Waals surface area contributed by atoms with E-state index >= 15 is 0 Å². The summed E-state index contributed by atoms with van der Waals surface area (Å²) in [6, 6.07) is 0. The minimum absolute atomic E-state index is 0.558. The van der Waals surface area contributed by atoms with Gasteiger partial charge in [0, 0.05) is 0 Å². The largest absolute Gasteiger partial charge is 0.491 e. The highest BCUT2D eigenvalue weighted by atomic mass is 32.1. The van der Waals surface area contributed by atoms with Crippen LogP contribution in [0.25, 0.3) is 0 Å². The van der Waals surface area contributed by atoms with E-state index in [0.717, 1.165) is 0 Å². The van der Waals surface area contributed by atoms with Gasteiger partial charge in [0.2, 0.25) is 0 Å². The van der Waals surface area contributed by atoms with Gasteiger partial charge in [-0.05, 0) is 11.5 Å². The van der Waals surface area contributed by atoms with Gasteiger partial charge in [0.15, 0.2) is 5.75 Å². The summed E-state index contributed by atoms with van der Waals surface area (Å²) in [6.45, 7) is 0. The van der Waals surface area contributed by atoms with Gasteiger partial charge in [0.05, 0.1) is 19.6 Å². The number of nitrogens with zero attached hydrogens (tertiary/aromatic N) is 1. The Bertz CT molecular complexity index is 168. The van der Waals surface area contributed by atoms with E-state index in [-0.39, 0.29) is 0 Å². The molecule has 0 aliphatic heterocycles. The molecule has 0 aliphatic rings. The molecular weight excluding hydrogens is 138 g/mol. The zero-order valence-electron chi connectivity index (χ0n) is 5.25. The molecular formula is C5H7NO2S. The van der Waals surface area contributed by atoms with E-state index in [4.69, 9.17) is 9.47 Å². The summed E-state index contributed by atoms with van der Waals surface area (Å²) in [5.74, 6) is 1.25. The summed E-state index contributed by atoms with van der Waals surface area (Å²) >= 11 is 1.32. The molecule has 0 amide bonds. The first-order chi connectivity index (χ1) is 4.38. The number of methoxy groups -OCH3 is 2. The summed E-state index contributed by atoms with van der Waals surface area (Å²) in [4.78, 5) is 0. The monoisotopic (exact) mass is 145 g/mol. The minimum atomic E-state index is 0.558. The molecule has 0 spiro atoms. The third-order valence-corrected chi connectivity index (χ3v) is 1.51. The van der Waals surface area contributed by atoms with Crippen LogP contribution in [0.2, 0.25) is 0 Å². The zero-order valence-corrected chi connectivity index (χ0v) is 6.07. The van der Waals surface area contributed by atoms with Crippen LogP contribution in [0.3, 0.4) is 0 Å². The first-order valence-electron chi connectivity index (χ1n) is 2.41. The van der Waals surface area contributed by atoms with Crippen molar-refractivity contribution in [2.45, 2.75) is 0 Å². The van der Waals surface area contributed by atoms with E-state index in [9.17, 15) is 0 Å². The molecule has 1 rings (SSSR count). The predicted molar refractivity (Wildman–Crippen MR) is 35.2 cm³/mol. The van der Waals surface area contributed by atoms with E-state index < -0.39 is 0 Å². The van der Waals surface area contributed by atoms with Crippen molar-refractivity contribution in [3.8, 4) is 11.6 Å². The molecule has 0 aliphatic carbocycles. The van der Waals surface area contributed by atoms with E-state index in [1.807, 2.05) is 0 Å². The van der Waals surface area contributed by atoms with E-state index in [2.05, 4.69) is 4.37 Å². The molecule has 0 radical (unpaired) electrons. The van der Waals surface area contributed by atoms with Crippen LogP contribution >= 0.6 is 11.5 Å². The Balaban J connectivity index is 2.85. The number of hydrogen-bond donors (Lipinski definition) is 0. The van der Waals surface area contributed by atoms with Gasteiger partial charge < -0.3 is 9.47 Å². The second-order valence-corrected chi connectivity index (χ2v) is 2.02. The Kier molecular flexibility index (Phi) is 1.89. The normalized spacial score (nSPS) is 9.11. The maximum absolute atomic E-state index is 4.90. The third-order valence-electron chi connectivity index (χ3n) is 0.919. The second kappa shape index (κ2) is 2.68. The lowest BCUT2D eigenvalue weighted by atomic mass is 10.6. The van der Waals surface area contributed by atoms with Crippen molar-refractivity contribution in [2.24, 2.45) is 0 Å². The van der Waals surface area contributed by atoms with Crippen molar-refractivity contribution in [3.05, 3.63) is 5.38 Å². The molecule has 0 saturated carbocycles. The maximum Gasteiger partial charge on any atom is 0.268 e. The van der Waals surface area contributed by atoms with Gasteiger partial charge in [-0.3, -0.25) is 0 Å². The number of hydrogen-bond acceptors (Lipinski definition) is 4. The maximum atomic E-state index is 4.90.